The first-order chi connectivity index (χ1) is 15.8. The summed E-state index contributed by atoms with van der Waals surface area (Å²) in [7, 11) is -2.77. The van der Waals surface area contributed by atoms with E-state index in [9.17, 15) is 18.0 Å². The van der Waals surface area contributed by atoms with Crippen LogP contribution in [0.5, 0.6) is 5.75 Å². The number of H-pyrrole nitrogens is 1. The van der Waals surface area contributed by atoms with Crippen LogP contribution >= 0.6 is 11.6 Å². The fraction of sp³-hybridized carbons (Fsp3) is 0.227. The molecule has 2 N–H and O–H groups in total. The molecule has 33 heavy (non-hydrogen) atoms. The summed E-state index contributed by atoms with van der Waals surface area (Å²) in [4.78, 5) is 25.5. The Kier molecular flexibility index (Phi) is 6.39. The lowest BCUT2D eigenvalue weighted by Crippen LogP contribution is -2.42. The third-order valence-electron chi connectivity index (χ3n) is 5.38. The Morgan fingerprint density at radius 2 is 1.91 bits per heavy atom. The lowest BCUT2D eigenvalue weighted by Gasteiger charge is -2.23. The number of carbonyl (C=O) groups excluding carboxylic acids is 2. The minimum atomic E-state index is -4.26. The van der Waals surface area contributed by atoms with E-state index < -0.39 is 34.3 Å². The Morgan fingerprint density at radius 1 is 1.15 bits per heavy atom. The smallest absolute Gasteiger partial charge is 0.266 e. The van der Waals surface area contributed by atoms with E-state index in [2.05, 4.69) is 15.5 Å². The van der Waals surface area contributed by atoms with Crippen molar-refractivity contribution in [3.63, 3.8) is 0 Å². The van der Waals surface area contributed by atoms with E-state index in [1.807, 2.05) is 0 Å². The molecule has 1 aliphatic heterocycles. The number of nitrogens with zero attached hydrogens (tertiary/aromatic N) is 2. The van der Waals surface area contributed by atoms with Gasteiger partial charge in [-0.25, -0.2) is 12.7 Å². The fourth-order valence-corrected chi connectivity index (χ4v) is 5.28. The highest BCUT2D eigenvalue weighted by molar-refractivity contribution is 7.89. The zero-order valence-corrected chi connectivity index (χ0v) is 19.2. The van der Waals surface area contributed by atoms with E-state index in [0.717, 1.165) is 0 Å². The first-order valence-corrected chi connectivity index (χ1v) is 11.9. The highest BCUT2D eigenvalue weighted by atomic mass is 35.5. The number of nitrogens with one attached hydrogen (secondary N) is 2. The molecule has 2 heterocycles. The number of rotatable bonds is 6. The molecule has 1 atom stereocenters. The molecule has 1 aromatic heterocycles. The largest absolute Gasteiger partial charge is 0.496 e. The van der Waals surface area contributed by atoms with Gasteiger partial charge in [0.15, 0.2) is 0 Å². The Balaban J connectivity index is 1.63. The number of aromatic amines is 1. The van der Waals surface area contributed by atoms with Gasteiger partial charge in [0.2, 0.25) is 11.8 Å². The van der Waals surface area contributed by atoms with Gasteiger partial charge in [-0.15, -0.1) is 0 Å². The summed E-state index contributed by atoms with van der Waals surface area (Å²) in [5.74, 6) is -1.53. The van der Waals surface area contributed by atoms with E-state index in [1.54, 1.807) is 42.6 Å². The van der Waals surface area contributed by atoms with Crippen molar-refractivity contribution in [3.8, 4) is 17.0 Å². The summed E-state index contributed by atoms with van der Waals surface area (Å²) in [6, 6.07) is 12.7. The second kappa shape index (κ2) is 9.24. The van der Waals surface area contributed by atoms with Gasteiger partial charge in [-0.2, -0.15) is 5.10 Å². The summed E-state index contributed by atoms with van der Waals surface area (Å²) in [5, 5.41) is 9.84. The van der Waals surface area contributed by atoms with Crippen molar-refractivity contribution >= 4 is 33.4 Å². The molecular weight excluding hydrogens is 468 g/mol. The van der Waals surface area contributed by atoms with Crippen LogP contribution < -0.4 is 10.1 Å². The molecule has 11 heteroatoms. The predicted octanol–water partition coefficient (Wildman–Crippen LogP) is 2.24. The van der Waals surface area contributed by atoms with Crippen molar-refractivity contribution in [2.24, 2.45) is 5.92 Å². The molecule has 2 amide bonds. The highest BCUT2D eigenvalue weighted by Gasteiger charge is 2.38. The van der Waals surface area contributed by atoms with Gasteiger partial charge in [0.1, 0.15) is 12.3 Å². The monoisotopic (exact) mass is 488 g/mol. The standard InChI is InChI=1S/C22H21ClN4O5S/c1-32-20-7-4-17(23)11-15(20)10-16-12-24-21(28)13-27(22(16)29)33(30,31)18-5-2-14(3-6-18)19-8-9-25-26-19/h2-9,11,16H,10,12-13H2,1H3,(H,24,28)(H,25,26). The van der Waals surface area contributed by atoms with Crippen molar-refractivity contribution in [1.82, 2.24) is 19.8 Å². The molecule has 9 nitrogen and oxygen atoms in total. The van der Waals surface area contributed by atoms with Crippen LogP contribution in [0, 0.1) is 5.92 Å². The Labute approximate surface area is 195 Å². The molecule has 1 fully saturated rings. The number of hydrogen-bond donors (Lipinski definition) is 2. The summed E-state index contributed by atoms with van der Waals surface area (Å²) < 4.78 is 32.6. The van der Waals surface area contributed by atoms with E-state index in [0.29, 0.717) is 31.9 Å². The minimum absolute atomic E-state index is 0.00253. The van der Waals surface area contributed by atoms with E-state index in [4.69, 9.17) is 16.3 Å². The molecule has 1 saturated heterocycles. The molecule has 0 aliphatic carbocycles. The summed E-state index contributed by atoms with van der Waals surface area (Å²) in [6.45, 7) is -0.594. The molecule has 3 aromatic rings. The number of sulfonamides is 1. The maximum atomic E-state index is 13.3. The van der Waals surface area contributed by atoms with Crippen LogP contribution in [0.4, 0.5) is 0 Å². The van der Waals surface area contributed by atoms with Crippen LogP contribution in [0.2, 0.25) is 5.02 Å². The average molecular weight is 489 g/mol. The summed E-state index contributed by atoms with van der Waals surface area (Å²) in [5.41, 5.74) is 2.00. The van der Waals surface area contributed by atoms with Crippen molar-refractivity contribution in [1.29, 1.82) is 0 Å². The van der Waals surface area contributed by atoms with Gasteiger partial charge >= 0.3 is 0 Å². The fourth-order valence-electron chi connectivity index (χ4n) is 3.67. The molecule has 0 saturated carbocycles. The van der Waals surface area contributed by atoms with Crippen molar-refractivity contribution < 1.29 is 22.7 Å². The number of hydrogen-bond acceptors (Lipinski definition) is 6. The molecule has 172 valence electrons. The molecule has 1 unspecified atom stereocenters. The van der Waals surface area contributed by atoms with Crippen molar-refractivity contribution in [2.75, 3.05) is 20.2 Å². The normalized spacial score (nSPS) is 16.9. The number of ether oxygens (including phenoxy) is 1. The maximum Gasteiger partial charge on any atom is 0.266 e. The molecular formula is C22H21ClN4O5S. The third-order valence-corrected chi connectivity index (χ3v) is 7.37. The second-order valence-corrected chi connectivity index (χ2v) is 9.79. The number of methoxy groups -OCH3 is 1. The van der Waals surface area contributed by atoms with Crippen LogP contribution in [0.3, 0.4) is 0 Å². The Bertz CT molecular complexity index is 1280. The van der Waals surface area contributed by atoms with E-state index in [-0.39, 0.29) is 17.9 Å². The molecule has 0 spiro atoms. The Hall–Kier alpha value is -3.37. The predicted molar refractivity (Wildman–Crippen MR) is 121 cm³/mol. The van der Waals surface area contributed by atoms with Gasteiger partial charge in [0, 0.05) is 23.3 Å². The lowest BCUT2D eigenvalue weighted by molar-refractivity contribution is -0.131. The van der Waals surface area contributed by atoms with Gasteiger partial charge < -0.3 is 10.1 Å². The van der Waals surface area contributed by atoms with E-state index >= 15 is 0 Å². The number of aromatic nitrogens is 2. The number of halogens is 1. The van der Waals surface area contributed by atoms with Crippen LogP contribution in [0.1, 0.15) is 5.56 Å². The molecule has 4 rings (SSSR count). The van der Waals surface area contributed by atoms with Gasteiger partial charge in [0.25, 0.3) is 10.0 Å². The maximum absolute atomic E-state index is 13.3. The molecule has 0 bridgehead atoms. The SMILES string of the molecule is COc1ccc(Cl)cc1CC1CNC(=O)CN(S(=O)(=O)c2ccc(-c3cc[nH]n3)cc2)C1=O. The van der Waals surface area contributed by atoms with Crippen molar-refractivity contribution in [3.05, 3.63) is 65.3 Å². The summed E-state index contributed by atoms with van der Waals surface area (Å²) in [6.07, 6.45) is 1.80. The first-order valence-electron chi connectivity index (χ1n) is 10.1. The lowest BCUT2D eigenvalue weighted by atomic mass is 9.98. The van der Waals surface area contributed by atoms with E-state index in [1.165, 1.54) is 19.2 Å². The van der Waals surface area contributed by atoms with Gasteiger partial charge in [0.05, 0.1) is 23.6 Å². The van der Waals surface area contributed by atoms with Gasteiger partial charge in [-0.05, 0) is 48.4 Å². The Morgan fingerprint density at radius 3 is 2.58 bits per heavy atom. The molecule has 0 radical (unpaired) electrons. The molecule has 2 aromatic carbocycles. The van der Waals surface area contributed by atoms with Crippen LogP contribution in [0.25, 0.3) is 11.3 Å². The topological polar surface area (TPSA) is 121 Å². The van der Waals surface area contributed by atoms with Crippen LogP contribution in [-0.2, 0) is 26.0 Å². The third kappa shape index (κ3) is 4.71. The van der Waals surface area contributed by atoms with Gasteiger partial charge in [-0.1, -0.05) is 23.7 Å². The highest BCUT2D eigenvalue weighted by Crippen LogP contribution is 2.28. The summed E-state index contributed by atoms with van der Waals surface area (Å²) >= 11 is 6.09. The molecule has 1 aliphatic rings. The first kappa shape index (κ1) is 22.8. The number of benzene rings is 2. The van der Waals surface area contributed by atoms with Crippen LogP contribution in [-0.4, -0.2) is 54.9 Å². The van der Waals surface area contributed by atoms with Crippen LogP contribution in [0.15, 0.2) is 59.6 Å². The van der Waals surface area contributed by atoms with Gasteiger partial charge in [-0.3, -0.25) is 14.7 Å². The zero-order chi connectivity index (χ0) is 23.6. The quantitative estimate of drug-likeness (QED) is 0.549. The minimum Gasteiger partial charge on any atom is -0.496 e. The second-order valence-electron chi connectivity index (χ2n) is 7.50. The number of carbonyl (C=O) groups is 2. The zero-order valence-electron chi connectivity index (χ0n) is 17.6. The number of amides is 2. The van der Waals surface area contributed by atoms with Crippen molar-refractivity contribution in [2.45, 2.75) is 11.3 Å². The average Bonchev–Trinajstić information content (AvgIpc) is 3.30.